The van der Waals surface area contributed by atoms with E-state index in [1.807, 2.05) is 0 Å². The number of thiazole rings is 1. The minimum atomic E-state index is -0.875. The number of aryl methyl sites for hydroxylation is 1. The van der Waals surface area contributed by atoms with Gasteiger partial charge >= 0.3 is 5.97 Å². The average molecular weight is 269 g/mol. The zero-order chi connectivity index (χ0) is 13.3. The summed E-state index contributed by atoms with van der Waals surface area (Å²) in [5.41, 5.74) is 6.19. The van der Waals surface area contributed by atoms with E-state index >= 15 is 0 Å². The first kappa shape index (κ1) is 12.8. The van der Waals surface area contributed by atoms with Gasteiger partial charge in [0.15, 0.2) is 5.13 Å². The molecule has 6 nitrogen and oxygen atoms in total. The molecule has 0 radical (unpaired) electrons. The van der Waals surface area contributed by atoms with Crippen molar-refractivity contribution >= 4 is 28.3 Å². The van der Waals surface area contributed by atoms with Gasteiger partial charge in [-0.3, -0.25) is 9.59 Å². The topological polar surface area (TPSA) is 96.5 Å². The van der Waals surface area contributed by atoms with Crippen molar-refractivity contribution in [3.8, 4) is 0 Å². The van der Waals surface area contributed by atoms with Crippen molar-refractivity contribution in [3.63, 3.8) is 0 Å². The summed E-state index contributed by atoms with van der Waals surface area (Å²) in [6.45, 7) is 2.34. The van der Waals surface area contributed by atoms with E-state index in [0.717, 1.165) is 24.2 Å². The van der Waals surface area contributed by atoms with Crippen molar-refractivity contribution in [1.82, 2.24) is 9.88 Å². The number of anilines is 1. The molecule has 1 unspecified atom stereocenters. The number of carboxylic acids is 1. The molecule has 0 spiro atoms. The van der Waals surface area contributed by atoms with Crippen molar-refractivity contribution in [2.24, 2.45) is 0 Å². The van der Waals surface area contributed by atoms with Gasteiger partial charge in [0.2, 0.25) is 0 Å². The Hall–Kier alpha value is -1.63. The molecule has 1 aromatic rings. The number of amides is 1. The van der Waals surface area contributed by atoms with Crippen molar-refractivity contribution in [3.05, 3.63) is 10.6 Å². The Morgan fingerprint density at radius 2 is 2.33 bits per heavy atom. The van der Waals surface area contributed by atoms with E-state index in [4.69, 9.17) is 10.8 Å². The zero-order valence-electron chi connectivity index (χ0n) is 10.0. The first-order valence-electron chi connectivity index (χ1n) is 5.74. The third kappa shape index (κ3) is 2.45. The number of carbonyl (C=O) groups excluding carboxylic acids is 1. The van der Waals surface area contributed by atoms with Crippen LogP contribution in [0.1, 0.15) is 34.6 Å². The standard InChI is InChI=1S/C11H15N3O3S/c1-6-9(18-11(12)13-6)10(17)14-4-2-3-7(14)5-8(15)16/h7H,2-5H2,1H3,(H2,12,13)(H,15,16). The lowest BCUT2D eigenvalue weighted by molar-refractivity contribution is -0.137. The predicted molar refractivity (Wildman–Crippen MR) is 67.6 cm³/mol. The molecule has 0 aromatic carbocycles. The fourth-order valence-electron chi connectivity index (χ4n) is 2.26. The second-order valence-electron chi connectivity index (χ2n) is 4.36. The minimum absolute atomic E-state index is 0.000919. The van der Waals surface area contributed by atoms with Gasteiger partial charge in [-0.15, -0.1) is 0 Å². The number of rotatable bonds is 3. The van der Waals surface area contributed by atoms with E-state index < -0.39 is 5.97 Å². The van der Waals surface area contributed by atoms with E-state index in [1.165, 1.54) is 0 Å². The SMILES string of the molecule is Cc1nc(N)sc1C(=O)N1CCCC1CC(=O)O. The van der Waals surface area contributed by atoms with Crippen LogP contribution < -0.4 is 5.73 Å². The van der Waals surface area contributed by atoms with Gasteiger partial charge < -0.3 is 15.7 Å². The first-order chi connectivity index (χ1) is 8.49. The Kier molecular flexibility index (Phi) is 3.51. The molecule has 1 amide bonds. The smallest absolute Gasteiger partial charge is 0.305 e. The lowest BCUT2D eigenvalue weighted by Gasteiger charge is -2.22. The molecule has 0 bridgehead atoms. The summed E-state index contributed by atoms with van der Waals surface area (Å²) in [6.07, 6.45) is 1.58. The maximum absolute atomic E-state index is 12.3. The van der Waals surface area contributed by atoms with Crippen LogP contribution in [0.15, 0.2) is 0 Å². The molecule has 7 heteroatoms. The maximum atomic E-state index is 12.3. The number of nitrogen functional groups attached to an aromatic ring is 1. The normalized spacial score (nSPS) is 19.2. The maximum Gasteiger partial charge on any atom is 0.305 e. The van der Waals surface area contributed by atoms with Gasteiger partial charge in [0, 0.05) is 12.6 Å². The Bertz CT molecular complexity index is 486. The van der Waals surface area contributed by atoms with Gasteiger partial charge in [-0.1, -0.05) is 11.3 Å². The minimum Gasteiger partial charge on any atom is -0.481 e. The number of carboxylic acid groups (broad SMARTS) is 1. The lowest BCUT2D eigenvalue weighted by Crippen LogP contribution is -2.36. The second kappa shape index (κ2) is 4.93. The fraction of sp³-hybridized carbons (Fsp3) is 0.545. The molecule has 1 atom stereocenters. The van der Waals surface area contributed by atoms with Gasteiger partial charge in [-0.25, -0.2) is 4.98 Å². The molecule has 1 fully saturated rings. The Labute approximate surface area is 108 Å². The van der Waals surface area contributed by atoms with Crippen LogP contribution in [0.3, 0.4) is 0 Å². The number of aliphatic carboxylic acids is 1. The summed E-state index contributed by atoms with van der Waals surface area (Å²) >= 11 is 1.16. The van der Waals surface area contributed by atoms with E-state index in [1.54, 1.807) is 11.8 Å². The quantitative estimate of drug-likeness (QED) is 0.857. The van der Waals surface area contributed by atoms with Gasteiger partial charge in [-0.05, 0) is 19.8 Å². The van der Waals surface area contributed by atoms with E-state index in [9.17, 15) is 9.59 Å². The summed E-state index contributed by atoms with van der Waals surface area (Å²) in [4.78, 5) is 29.3. The number of hydrogen-bond donors (Lipinski definition) is 2. The highest BCUT2D eigenvalue weighted by atomic mass is 32.1. The van der Waals surface area contributed by atoms with Gasteiger partial charge in [0.1, 0.15) is 4.88 Å². The van der Waals surface area contributed by atoms with Crippen LogP contribution in [0, 0.1) is 6.92 Å². The average Bonchev–Trinajstić information content (AvgIpc) is 2.83. The van der Waals surface area contributed by atoms with Crippen molar-refractivity contribution in [1.29, 1.82) is 0 Å². The third-order valence-corrected chi connectivity index (χ3v) is 4.03. The van der Waals surface area contributed by atoms with Crippen LogP contribution in [0.4, 0.5) is 5.13 Å². The molecule has 2 heterocycles. The van der Waals surface area contributed by atoms with Crippen LogP contribution in [-0.4, -0.2) is 39.5 Å². The van der Waals surface area contributed by atoms with Crippen LogP contribution >= 0.6 is 11.3 Å². The molecular weight excluding hydrogens is 254 g/mol. The number of hydrogen-bond acceptors (Lipinski definition) is 5. The van der Waals surface area contributed by atoms with Crippen molar-refractivity contribution < 1.29 is 14.7 Å². The molecule has 1 aliphatic heterocycles. The summed E-state index contributed by atoms with van der Waals surface area (Å²) in [5.74, 6) is -1.02. The number of aromatic nitrogens is 1. The van der Waals surface area contributed by atoms with Gasteiger partial charge in [-0.2, -0.15) is 0 Å². The molecule has 2 rings (SSSR count). The van der Waals surface area contributed by atoms with E-state index in [-0.39, 0.29) is 18.4 Å². The monoisotopic (exact) mass is 269 g/mol. The Morgan fingerprint density at radius 3 is 2.89 bits per heavy atom. The summed E-state index contributed by atoms with van der Waals surface area (Å²) in [5, 5.41) is 9.20. The van der Waals surface area contributed by atoms with Gasteiger partial charge in [0.25, 0.3) is 5.91 Å². The third-order valence-electron chi connectivity index (χ3n) is 3.06. The van der Waals surface area contributed by atoms with E-state index in [2.05, 4.69) is 4.98 Å². The first-order valence-corrected chi connectivity index (χ1v) is 6.56. The van der Waals surface area contributed by atoms with Crippen LogP contribution in [0.25, 0.3) is 0 Å². The molecule has 1 saturated heterocycles. The number of likely N-dealkylation sites (tertiary alicyclic amines) is 1. The van der Waals surface area contributed by atoms with Crippen molar-refractivity contribution in [2.75, 3.05) is 12.3 Å². The summed E-state index contributed by atoms with van der Waals surface area (Å²) < 4.78 is 0. The molecule has 98 valence electrons. The van der Waals surface area contributed by atoms with E-state index in [0.29, 0.717) is 22.2 Å². The Balaban J connectivity index is 2.17. The Morgan fingerprint density at radius 1 is 1.61 bits per heavy atom. The van der Waals surface area contributed by atoms with Crippen molar-refractivity contribution in [2.45, 2.75) is 32.2 Å². The highest BCUT2D eigenvalue weighted by Crippen LogP contribution is 2.27. The number of carbonyl (C=O) groups is 2. The van der Waals surface area contributed by atoms with Crippen LogP contribution in [0.5, 0.6) is 0 Å². The molecule has 0 aliphatic carbocycles. The largest absolute Gasteiger partial charge is 0.481 e. The molecule has 0 saturated carbocycles. The molecule has 1 aliphatic rings. The summed E-state index contributed by atoms with van der Waals surface area (Å²) in [6, 6.07) is -0.210. The lowest BCUT2D eigenvalue weighted by atomic mass is 10.1. The predicted octanol–water partition coefficient (Wildman–Crippen LogP) is 1.11. The van der Waals surface area contributed by atoms with Crippen LogP contribution in [-0.2, 0) is 4.79 Å². The highest BCUT2D eigenvalue weighted by Gasteiger charge is 2.32. The highest BCUT2D eigenvalue weighted by molar-refractivity contribution is 7.17. The molecular formula is C11H15N3O3S. The summed E-state index contributed by atoms with van der Waals surface area (Å²) in [7, 11) is 0. The second-order valence-corrected chi connectivity index (χ2v) is 5.39. The molecule has 3 N–H and O–H groups in total. The van der Waals surface area contributed by atoms with Gasteiger partial charge in [0.05, 0.1) is 12.1 Å². The molecule has 18 heavy (non-hydrogen) atoms. The van der Waals surface area contributed by atoms with Crippen LogP contribution in [0.2, 0.25) is 0 Å². The zero-order valence-corrected chi connectivity index (χ0v) is 10.9. The number of nitrogens with two attached hydrogens (primary N) is 1. The fourth-order valence-corrected chi connectivity index (χ4v) is 3.05. The molecule has 1 aromatic heterocycles. The number of nitrogens with zero attached hydrogens (tertiary/aromatic N) is 2.